The molecule has 2 heterocycles. The van der Waals surface area contributed by atoms with Crippen LogP contribution in [0.5, 0.6) is 0 Å². The molecule has 16 heteroatoms. The van der Waals surface area contributed by atoms with Crippen LogP contribution in [-0.4, -0.2) is 198 Å². The van der Waals surface area contributed by atoms with Gasteiger partial charge in [0.05, 0.1) is 26.4 Å². The highest BCUT2D eigenvalue weighted by Crippen LogP contribution is 2.35. The van der Waals surface area contributed by atoms with Gasteiger partial charge < -0.3 is 75.8 Å². The molecule has 2 aliphatic heterocycles. The molecule has 0 bridgehead atoms. The Labute approximate surface area is 273 Å². The zero-order valence-electron chi connectivity index (χ0n) is 29.4. The normalized spacial score (nSPS) is 34.7. The molecule has 0 amide bonds. The third kappa shape index (κ3) is 10.2. The van der Waals surface area contributed by atoms with Gasteiger partial charge in [-0.15, -0.1) is 0 Å². The van der Waals surface area contributed by atoms with Crippen LogP contribution in [0, 0.1) is 0 Å². The van der Waals surface area contributed by atoms with Crippen molar-refractivity contribution in [2.75, 3.05) is 112 Å². The standard InChI is InChI=1S/C30H58O16/c1-31-13-17(35-5)21(37-7)23(18(36-6)14-32-2)45-30-28(42-12)26(40-10)24(20(44-30)16-34-4)46-29-27(41-11)25(39-9)22(38-8)19(43-29)15-33-3/h17-30H,13-16H2,1-12H3/t17?,18?,19?,20-,21?,22?,23?,24-,25?,26+,27?,28+,29?,30+/m1/s1. The Morgan fingerprint density at radius 2 is 0.870 bits per heavy atom. The molecule has 2 rings (SSSR count). The summed E-state index contributed by atoms with van der Waals surface area (Å²) in [6, 6.07) is 0. The van der Waals surface area contributed by atoms with Gasteiger partial charge in [0.25, 0.3) is 0 Å². The van der Waals surface area contributed by atoms with E-state index in [0.717, 1.165) is 0 Å². The van der Waals surface area contributed by atoms with Gasteiger partial charge in [0.2, 0.25) is 0 Å². The Morgan fingerprint density at radius 3 is 1.30 bits per heavy atom. The van der Waals surface area contributed by atoms with Crippen LogP contribution in [0.15, 0.2) is 0 Å². The van der Waals surface area contributed by atoms with Crippen molar-refractivity contribution in [2.45, 2.75) is 85.8 Å². The van der Waals surface area contributed by atoms with Crippen LogP contribution in [0.3, 0.4) is 0 Å². The monoisotopic (exact) mass is 674 g/mol. The van der Waals surface area contributed by atoms with E-state index >= 15 is 0 Å². The van der Waals surface area contributed by atoms with E-state index in [-0.39, 0.29) is 26.4 Å². The largest absolute Gasteiger partial charge is 0.382 e. The quantitative estimate of drug-likeness (QED) is 0.142. The minimum absolute atomic E-state index is 0.121. The van der Waals surface area contributed by atoms with Crippen LogP contribution in [-0.2, 0) is 75.8 Å². The van der Waals surface area contributed by atoms with Gasteiger partial charge in [0, 0.05) is 85.3 Å². The van der Waals surface area contributed by atoms with Crippen molar-refractivity contribution in [1.29, 1.82) is 0 Å². The number of hydrogen-bond acceptors (Lipinski definition) is 16. The number of methoxy groups -OCH3 is 12. The highest BCUT2D eigenvalue weighted by atomic mass is 16.8. The van der Waals surface area contributed by atoms with Gasteiger partial charge in [-0.25, -0.2) is 0 Å². The van der Waals surface area contributed by atoms with Crippen molar-refractivity contribution in [3.63, 3.8) is 0 Å². The van der Waals surface area contributed by atoms with Gasteiger partial charge in [0.1, 0.15) is 73.2 Å². The highest BCUT2D eigenvalue weighted by Gasteiger charge is 2.54. The summed E-state index contributed by atoms with van der Waals surface area (Å²) < 4.78 is 94.8. The Morgan fingerprint density at radius 1 is 0.435 bits per heavy atom. The lowest BCUT2D eigenvalue weighted by atomic mass is 9.96. The molecule has 0 saturated carbocycles. The second-order valence-corrected chi connectivity index (χ2v) is 10.9. The van der Waals surface area contributed by atoms with Crippen molar-refractivity contribution in [3.8, 4) is 0 Å². The van der Waals surface area contributed by atoms with Gasteiger partial charge in [-0.2, -0.15) is 0 Å². The van der Waals surface area contributed by atoms with Gasteiger partial charge in [-0.05, 0) is 0 Å². The number of rotatable bonds is 23. The molecule has 274 valence electrons. The topological polar surface area (TPSA) is 148 Å². The lowest BCUT2D eigenvalue weighted by Crippen LogP contribution is -2.67. The summed E-state index contributed by atoms with van der Waals surface area (Å²) in [4.78, 5) is 0. The summed E-state index contributed by atoms with van der Waals surface area (Å²) >= 11 is 0. The Hall–Kier alpha value is -0.640. The summed E-state index contributed by atoms with van der Waals surface area (Å²) in [5.74, 6) is 0. The molecule has 46 heavy (non-hydrogen) atoms. The fraction of sp³-hybridized carbons (Fsp3) is 1.00. The average Bonchev–Trinajstić information content (AvgIpc) is 3.07. The predicted molar refractivity (Wildman–Crippen MR) is 161 cm³/mol. The molecule has 16 nitrogen and oxygen atoms in total. The lowest BCUT2D eigenvalue weighted by molar-refractivity contribution is -0.375. The van der Waals surface area contributed by atoms with Crippen molar-refractivity contribution < 1.29 is 75.8 Å². The molecule has 0 spiro atoms. The van der Waals surface area contributed by atoms with E-state index < -0.39 is 85.8 Å². The number of ether oxygens (including phenoxy) is 16. The van der Waals surface area contributed by atoms with Crippen LogP contribution < -0.4 is 0 Å². The summed E-state index contributed by atoms with van der Waals surface area (Å²) in [5.41, 5.74) is 0. The van der Waals surface area contributed by atoms with E-state index in [2.05, 4.69) is 0 Å². The molecule has 9 unspecified atom stereocenters. The van der Waals surface area contributed by atoms with Crippen LogP contribution in [0.2, 0.25) is 0 Å². The molecular formula is C30H58O16. The Balaban J connectivity index is 2.48. The van der Waals surface area contributed by atoms with Crippen LogP contribution in [0.25, 0.3) is 0 Å². The lowest BCUT2D eigenvalue weighted by Gasteiger charge is -2.50. The first kappa shape index (κ1) is 41.5. The second kappa shape index (κ2) is 22.2. The van der Waals surface area contributed by atoms with Gasteiger partial charge in [0.15, 0.2) is 12.6 Å². The molecule has 0 aromatic rings. The average molecular weight is 675 g/mol. The SMILES string of the molecule is COCC(OC)C(OC)C(O[C@@H]1O[C@H](COC)[C@@H](OC2OC(COC)C(OC)C(OC)C2OC)[C@H](OC)[C@@H]1OC)C(COC)OC. The van der Waals surface area contributed by atoms with E-state index in [1.807, 2.05) is 0 Å². The van der Waals surface area contributed by atoms with Crippen molar-refractivity contribution in [2.24, 2.45) is 0 Å². The first-order valence-corrected chi connectivity index (χ1v) is 15.1. The fourth-order valence-corrected chi connectivity index (χ4v) is 6.16. The molecule has 2 aliphatic rings. The maximum absolute atomic E-state index is 6.67. The molecule has 0 radical (unpaired) electrons. The van der Waals surface area contributed by atoms with Crippen molar-refractivity contribution in [3.05, 3.63) is 0 Å². The second-order valence-electron chi connectivity index (χ2n) is 10.9. The van der Waals surface area contributed by atoms with Crippen molar-refractivity contribution in [1.82, 2.24) is 0 Å². The molecule has 0 aliphatic carbocycles. The molecular weight excluding hydrogens is 616 g/mol. The van der Waals surface area contributed by atoms with E-state index in [9.17, 15) is 0 Å². The zero-order valence-corrected chi connectivity index (χ0v) is 29.4. The number of hydrogen-bond donors (Lipinski definition) is 0. The van der Waals surface area contributed by atoms with E-state index in [1.54, 1.807) is 78.2 Å². The molecule has 0 aromatic carbocycles. The summed E-state index contributed by atoms with van der Waals surface area (Å²) in [5, 5.41) is 0. The van der Waals surface area contributed by atoms with Crippen LogP contribution in [0.1, 0.15) is 0 Å². The van der Waals surface area contributed by atoms with Crippen LogP contribution >= 0.6 is 0 Å². The van der Waals surface area contributed by atoms with E-state index in [4.69, 9.17) is 75.8 Å². The summed E-state index contributed by atoms with van der Waals surface area (Å²) in [6.45, 7) is 0.783. The highest BCUT2D eigenvalue weighted by molar-refractivity contribution is 4.97. The third-order valence-electron chi connectivity index (χ3n) is 8.38. The zero-order chi connectivity index (χ0) is 34.2. The minimum Gasteiger partial charge on any atom is -0.382 e. The predicted octanol–water partition coefficient (Wildman–Crippen LogP) is -0.0878. The first-order chi connectivity index (χ1) is 22.3. The Bertz CT molecular complexity index is 781. The molecule has 2 saturated heterocycles. The fourth-order valence-electron chi connectivity index (χ4n) is 6.16. The molecule has 14 atom stereocenters. The van der Waals surface area contributed by atoms with Crippen LogP contribution in [0.4, 0.5) is 0 Å². The summed E-state index contributed by atoms with van der Waals surface area (Å²) in [7, 11) is 18.8. The third-order valence-corrected chi connectivity index (χ3v) is 8.38. The first-order valence-electron chi connectivity index (χ1n) is 15.1. The van der Waals surface area contributed by atoms with E-state index in [0.29, 0.717) is 0 Å². The van der Waals surface area contributed by atoms with Gasteiger partial charge >= 0.3 is 0 Å². The smallest absolute Gasteiger partial charge is 0.187 e. The maximum atomic E-state index is 6.67. The minimum atomic E-state index is -0.997. The molecule has 0 aromatic heterocycles. The van der Waals surface area contributed by atoms with Gasteiger partial charge in [-0.1, -0.05) is 0 Å². The molecule has 2 fully saturated rings. The van der Waals surface area contributed by atoms with E-state index in [1.165, 1.54) is 7.11 Å². The molecule has 0 N–H and O–H groups in total. The van der Waals surface area contributed by atoms with Crippen molar-refractivity contribution >= 4 is 0 Å². The maximum Gasteiger partial charge on any atom is 0.187 e. The Kier molecular flexibility index (Phi) is 20.0. The summed E-state index contributed by atoms with van der Waals surface area (Å²) in [6.07, 6.45) is -9.65. The van der Waals surface area contributed by atoms with Gasteiger partial charge in [-0.3, -0.25) is 0 Å².